The van der Waals surface area contributed by atoms with Gasteiger partial charge in [-0.1, -0.05) is 31.2 Å². The number of anilines is 3. The minimum absolute atomic E-state index is 0.0546. The number of para-hydroxylation sites is 1. The third-order valence-electron chi connectivity index (χ3n) is 14.5. The number of nitrogen functional groups attached to an aromatic ring is 1. The van der Waals surface area contributed by atoms with Gasteiger partial charge in [0.1, 0.15) is 11.4 Å². The van der Waals surface area contributed by atoms with Gasteiger partial charge in [-0.3, -0.25) is 19.8 Å². The van der Waals surface area contributed by atoms with E-state index in [9.17, 15) is 19.5 Å². The van der Waals surface area contributed by atoms with Gasteiger partial charge in [0.25, 0.3) is 5.91 Å². The number of likely N-dealkylation sites (tertiary alicyclic amines) is 2. The molecule has 4 saturated heterocycles. The van der Waals surface area contributed by atoms with Gasteiger partial charge in [-0.05, 0) is 104 Å². The molecule has 13 nitrogen and oxygen atoms in total. The summed E-state index contributed by atoms with van der Waals surface area (Å²) >= 11 is 0. The number of hydrogen-bond acceptors (Lipinski definition) is 9. The van der Waals surface area contributed by atoms with Crippen LogP contribution in [-0.2, 0) is 4.79 Å². The minimum Gasteiger partial charge on any atom is -0.507 e. The lowest BCUT2D eigenvalue weighted by Crippen LogP contribution is -2.51. The topological polar surface area (TPSA) is 153 Å². The zero-order valence-corrected chi connectivity index (χ0v) is 35.9. The largest absolute Gasteiger partial charge is 0.507 e. The van der Waals surface area contributed by atoms with Crippen LogP contribution in [0, 0.1) is 5.92 Å². The van der Waals surface area contributed by atoms with Crippen molar-refractivity contribution in [3.05, 3.63) is 95.7 Å². The highest BCUT2D eigenvalue weighted by molar-refractivity contribution is 6.06. The van der Waals surface area contributed by atoms with E-state index in [1.54, 1.807) is 17.0 Å². The third-order valence-corrected chi connectivity index (χ3v) is 14.5. The highest BCUT2D eigenvalue weighted by Gasteiger charge is 2.39. The Morgan fingerprint density at radius 1 is 0.905 bits per heavy atom. The molecule has 5 aromatic rings. The van der Waals surface area contributed by atoms with E-state index in [0.29, 0.717) is 86.0 Å². The van der Waals surface area contributed by atoms with Gasteiger partial charge in [-0.15, -0.1) is 10.2 Å². The van der Waals surface area contributed by atoms with Crippen molar-refractivity contribution in [2.75, 3.05) is 67.9 Å². The van der Waals surface area contributed by atoms with E-state index in [2.05, 4.69) is 67.3 Å². The molecule has 10 rings (SSSR count). The van der Waals surface area contributed by atoms with Crippen LogP contribution in [0.1, 0.15) is 97.7 Å². The van der Waals surface area contributed by atoms with Crippen molar-refractivity contribution >= 4 is 45.9 Å². The van der Waals surface area contributed by atoms with Crippen LogP contribution in [0.25, 0.3) is 22.2 Å². The zero-order chi connectivity index (χ0) is 43.4. The number of urea groups is 1. The second kappa shape index (κ2) is 16.6. The maximum Gasteiger partial charge on any atom is 0.328 e. The van der Waals surface area contributed by atoms with Crippen LogP contribution in [0.5, 0.6) is 5.75 Å². The molecule has 5 fully saturated rings. The lowest BCUT2D eigenvalue weighted by atomic mass is 9.81. The van der Waals surface area contributed by atoms with Crippen LogP contribution in [0.15, 0.2) is 79.0 Å². The standard InChI is InChI=1S/C49H56FN9O4/c1-31-14-22-57(43-27-41(53-54-46(43)51)37-4-2-3-5-44(37)60)28-39(31)32-8-10-34(11-9-32)47(62)56-24-18-49(50,19-25-56)30-55-20-15-35(16-21-55)59-29-40(33-6-7-33)38-26-36(12-13-42(38)59)58-23-17-45(61)52-48(58)63/h2-5,8-13,26-27,29,31,33,35,39,60H,6-7,14-25,28,30H2,1H3,(H2,51,54)(H,52,61,63)/t31-,39+/m0/s1. The average molecular weight is 854 g/mol. The van der Waals surface area contributed by atoms with E-state index in [4.69, 9.17) is 5.73 Å². The van der Waals surface area contributed by atoms with Crippen LogP contribution in [0.4, 0.5) is 26.4 Å². The Hall–Kier alpha value is -6.02. The number of nitrogens with one attached hydrogen (secondary N) is 1. The molecule has 5 aliphatic rings. The SMILES string of the molecule is C[C@H]1CCN(c2cc(-c3ccccc3O)nnc2N)C[C@H]1c1ccc(C(=O)N2CCC(F)(CN3CCC(n4cc(C5CC5)c5cc(N6CCC(=O)NC6=O)ccc54)CC3)CC2)cc1. The molecule has 4 N–H and O–H groups in total. The highest BCUT2D eigenvalue weighted by atomic mass is 19.1. The maximum absolute atomic E-state index is 16.5. The third kappa shape index (κ3) is 8.21. The van der Waals surface area contributed by atoms with Crippen LogP contribution < -0.4 is 20.9 Å². The Bertz CT molecular complexity index is 2540. The van der Waals surface area contributed by atoms with Crippen LogP contribution in [0.2, 0.25) is 0 Å². The number of imide groups is 1. The summed E-state index contributed by atoms with van der Waals surface area (Å²) in [5, 5.41) is 22.5. The molecule has 3 aromatic carbocycles. The lowest BCUT2D eigenvalue weighted by molar-refractivity contribution is -0.120. The molecule has 0 bridgehead atoms. The predicted molar refractivity (Wildman–Crippen MR) is 242 cm³/mol. The molecule has 6 heterocycles. The van der Waals surface area contributed by atoms with Gasteiger partial charge >= 0.3 is 6.03 Å². The van der Waals surface area contributed by atoms with Crippen LogP contribution >= 0.6 is 0 Å². The summed E-state index contributed by atoms with van der Waals surface area (Å²) in [4.78, 5) is 46.1. The smallest absolute Gasteiger partial charge is 0.328 e. The Balaban J connectivity index is 0.735. The highest BCUT2D eigenvalue weighted by Crippen LogP contribution is 2.46. The predicted octanol–water partition coefficient (Wildman–Crippen LogP) is 7.62. The molecule has 1 saturated carbocycles. The van der Waals surface area contributed by atoms with Crippen molar-refractivity contribution < 1.29 is 23.9 Å². The number of carbonyl (C=O) groups excluding carboxylic acids is 3. The van der Waals surface area contributed by atoms with E-state index in [1.807, 2.05) is 41.3 Å². The first kappa shape index (κ1) is 41.0. The van der Waals surface area contributed by atoms with Crippen molar-refractivity contribution in [3.8, 4) is 17.0 Å². The number of alkyl halides is 1. The number of phenolic OH excluding ortho intramolecular Hbond substituents is 1. The molecule has 0 radical (unpaired) electrons. The molecule has 63 heavy (non-hydrogen) atoms. The number of aromatic hydroxyl groups is 1. The van der Waals surface area contributed by atoms with Gasteiger partial charge in [0.2, 0.25) is 5.91 Å². The number of carbonyl (C=O) groups is 3. The Morgan fingerprint density at radius 2 is 1.67 bits per heavy atom. The van der Waals surface area contributed by atoms with Crippen molar-refractivity contribution in [2.45, 2.75) is 81.8 Å². The van der Waals surface area contributed by atoms with Gasteiger partial charge < -0.3 is 30.1 Å². The number of fused-ring (bicyclic) bond motifs is 1. The fourth-order valence-corrected chi connectivity index (χ4v) is 10.5. The fraction of sp³-hybridized carbons (Fsp3) is 0.449. The van der Waals surface area contributed by atoms with E-state index >= 15 is 4.39 Å². The van der Waals surface area contributed by atoms with E-state index < -0.39 is 5.67 Å². The lowest BCUT2D eigenvalue weighted by Gasteiger charge is -2.41. The molecular formula is C49H56FN9O4. The summed E-state index contributed by atoms with van der Waals surface area (Å²) < 4.78 is 18.9. The summed E-state index contributed by atoms with van der Waals surface area (Å²) in [7, 11) is 0. The van der Waals surface area contributed by atoms with Crippen molar-refractivity contribution in [2.24, 2.45) is 5.92 Å². The van der Waals surface area contributed by atoms with E-state index in [1.165, 1.54) is 29.3 Å². The number of nitrogens with two attached hydrogens (primary N) is 1. The molecule has 14 heteroatoms. The van der Waals surface area contributed by atoms with Gasteiger partial charge in [-0.2, -0.15) is 0 Å². The van der Waals surface area contributed by atoms with E-state index in [-0.39, 0.29) is 29.5 Å². The summed E-state index contributed by atoms with van der Waals surface area (Å²) in [6.07, 6.45) is 8.40. The molecule has 328 valence electrons. The van der Waals surface area contributed by atoms with Crippen molar-refractivity contribution in [3.63, 3.8) is 0 Å². The molecular weight excluding hydrogens is 798 g/mol. The quantitative estimate of drug-likeness (QED) is 0.136. The maximum atomic E-state index is 16.5. The normalized spacial score (nSPS) is 22.4. The monoisotopic (exact) mass is 853 g/mol. The molecule has 2 aromatic heterocycles. The van der Waals surface area contributed by atoms with Gasteiger partial charge in [0.15, 0.2) is 5.82 Å². The van der Waals surface area contributed by atoms with Gasteiger partial charge in [0.05, 0.1) is 11.4 Å². The second-order valence-corrected chi connectivity index (χ2v) is 18.6. The number of benzene rings is 3. The number of nitrogens with zero attached hydrogens (tertiary/aromatic N) is 7. The second-order valence-electron chi connectivity index (χ2n) is 18.6. The molecule has 4 aliphatic heterocycles. The Morgan fingerprint density at radius 3 is 2.40 bits per heavy atom. The number of piperidine rings is 3. The first-order chi connectivity index (χ1) is 30.5. The summed E-state index contributed by atoms with van der Waals surface area (Å²) in [6.45, 7) is 6.97. The Kier molecular flexibility index (Phi) is 10.8. The van der Waals surface area contributed by atoms with Crippen LogP contribution in [-0.4, -0.2) is 106 Å². The molecule has 2 atom stereocenters. The first-order valence-corrected chi connectivity index (χ1v) is 22.7. The zero-order valence-electron chi connectivity index (χ0n) is 35.9. The summed E-state index contributed by atoms with van der Waals surface area (Å²) in [5.74, 6) is 1.35. The summed E-state index contributed by atoms with van der Waals surface area (Å²) in [6, 6.07) is 23.1. The van der Waals surface area contributed by atoms with Crippen molar-refractivity contribution in [1.29, 1.82) is 0 Å². The number of rotatable bonds is 9. The van der Waals surface area contributed by atoms with Crippen molar-refractivity contribution in [1.82, 2.24) is 29.9 Å². The number of halogens is 1. The molecule has 1 aliphatic carbocycles. The number of amides is 4. The number of aromatic nitrogens is 3. The Labute approximate surface area is 367 Å². The summed E-state index contributed by atoms with van der Waals surface area (Å²) in [5.41, 5.74) is 12.1. The molecule has 0 unspecified atom stereocenters. The number of phenols is 1. The molecule has 4 amide bonds. The van der Waals surface area contributed by atoms with E-state index in [0.717, 1.165) is 62.4 Å². The van der Waals surface area contributed by atoms with Crippen LogP contribution in [0.3, 0.4) is 0 Å². The molecule has 0 spiro atoms. The number of hydrogen-bond donors (Lipinski definition) is 3. The average Bonchev–Trinajstić information content (AvgIpc) is 4.07. The van der Waals surface area contributed by atoms with Gasteiger partial charge in [-0.25, -0.2) is 9.18 Å². The fourth-order valence-electron chi connectivity index (χ4n) is 10.5. The minimum atomic E-state index is -1.34. The van der Waals surface area contributed by atoms with Gasteiger partial charge in [0, 0.05) is 117 Å². The first-order valence-electron chi connectivity index (χ1n) is 22.7.